The summed E-state index contributed by atoms with van der Waals surface area (Å²) in [7, 11) is -3.71. The van der Waals surface area contributed by atoms with Crippen molar-refractivity contribution in [3.8, 4) is 0 Å². The van der Waals surface area contributed by atoms with Crippen LogP contribution >= 0.6 is 11.8 Å². The second-order valence-electron chi connectivity index (χ2n) is 6.94. The number of rotatable bonds is 5. The maximum absolute atomic E-state index is 13.0. The summed E-state index contributed by atoms with van der Waals surface area (Å²) in [5, 5.41) is 0. The number of primary amides is 1. The number of amides is 2. The van der Waals surface area contributed by atoms with Crippen molar-refractivity contribution in [1.82, 2.24) is 9.21 Å². The molecule has 0 spiro atoms. The number of piperidine rings is 1. The first kappa shape index (κ1) is 20.2. The lowest BCUT2D eigenvalue weighted by molar-refractivity contribution is -0.122. The second-order valence-corrected chi connectivity index (χ2v) is 9.73. The van der Waals surface area contributed by atoms with Crippen LogP contribution in [0.3, 0.4) is 0 Å². The first-order valence-electron chi connectivity index (χ1n) is 9.11. The fourth-order valence-electron chi connectivity index (χ4n) is 3.63. The summed E-state index contributed by atoms with van der Waals surface area (Å²) in [5.74, 6) is -0.765. The highest BCUT2D eigenvalue weighted by molar-refractivity contribution is 7.98. The Morgan fingerprint density at radius 1 is 1.11 bits per heavy atom. The predicted octanol–water partition coefficient (Wildman–Crippen LogP) is 1.53. The van der Waals surface area contributed by atoms with Gasteiger partial charge in [-0.3, -0.25) is 9.59 Å². The first-order valence-corrected chi connectivity index (χ1v) is 11.8. The van der Waals surface area contributed by atoms with Gasteiger partial charge in [0.25, 0.3) is 5.91 Å². The largest absolute Gasteiger partial charge is 0.369 e. The average molecular weight is 412 g/mol. The Balaban J connectivity index is 1.86. The number of sulfonamides is 1. The van der Waals surface area contributed by atoms with E-state index in [2.05, 4.69) is 0 Å². The SMILES string of the molecule is CSc1ccc(S(=O)(=O)N2CCC(C(N)=O)CC2)cc1C(=O)N1CCCC1. The average Bonchev–Trinajstić information content (AvgIpc) is 3.21. The smallest absolute Gasteiger partial charge is 0.255 e. The normalized spacial score (nSPS) is 19.4. The number of hydrogen-bond donors (Lipinski definition) is 1. The molecular formula is C18H25N3O4S2. The Morgan fingerprint density at radius 3 is 2.30 bits per heavy atom. The third kappa shape index (κ3) is 4.14. The molecule has 2 N–H and O–H groups in total. The maximum Gasteiger partial charge on any atom is 0.255 e. The highest BCUT2D eigenvalue weighted by Gasteiger charge is 2.32. The van der Waals surface area contributed by atoms with E-state index in [4.69, 9.17) is 5.73 Å². The van der Waals surface area contributed by atoms with Gasteiger partial charge >= 0.3 is 0 Å². The first-order chi connectivity index (χ1) is 12.8. The fourth-order valence-corrected chi connectivity index (χ4v) is 5.70. The molecule has 2 heterocycles. The van der Waals surface area contributed by atoms with Crippen molar-refractivity contribution in [1.29, 1.82) is 0 Å². The molecule has 0 atom stereocenters. The molecule has 2 aliphatic rings. The van der Waals surface area contributed by atoms with Gasteiger partial charge in [-0.15, -0.1) is 11.8 Å². The van der Waals surface area contributed by atoms with Gasteiger partial charge in [0, 0.05) is 37.0 Å². The lowest BCUT2D eigenvalue weighted by Gasteiger charge is -2.30. The van der Waals surface area contributed by atoms with Crippen LogP contribution in [0.15, 0.2) is 28.0 Å². The standard InChI is InChI=1S/C18H25N3O4S2/c1-26-16-5-4-14(12-15(16)18(23)20-8-2-3-9-20)27(24,25)21-10-6-13(7-11-21)17(19)22/h4-5,12-13H,2-3,6-11H2,1H3,(H2,19,22). The third-order valence-electron chi connectivity index (χ3n) is 5.29. The molecule has 2 saturated heterocycles. The van der Waals surface area contributed by atoms with Crippen LogP contribution in [-0.2, 0) is 14.8 Å². The van der Waals surface area contributed by atoms with E-state index in [1.54, 1.807) is 17.0 Å². The van der Waals surface area contributed by atoms with Crippen molar-refractivity contribution in [3.63, 3.8) is 0 Å². The van der Waals surface area contributed by atoms with Gasteiger partial charge in [0.15, 0.2) is 0 Å². The van der Waals surface area contributed by atoms with Crippen molar-refractivity contribution in [3.05, 3.63) is 23.8 Å². The van der Waals surface area contributed by atoms with Gasteiger partial charge < -0.3 is 10.6 Å². The Labute approximate surface area is 164 Å². The summed E-state index contributed by atoms with van der Waals surface area (Å²) in [4.78, 5) is 26.8. The van der Waals surface area contributed by atoms with Gasteiger partial charge in [0.05, 0.1) is 10.5 Å². The Morgan fingerprint density at radius 2 is 1.74 bits per heavy atom. The van der Waals surface area contributed by atoms with Crippen LogP contribution < -0.4 is 5.73 Å². The van der Waals surface area contributed by atoms with Crippen LogP contribution in [0.5, 0.6) is 0 Å². The van der Waals surface area contributed by atoms with Crippen molar-refractivity contribution < 1.29 is 18.0 Å². The molecule has 0 radical (unpaired) electrons. The molecule has 9 heteroatoms. The molecule has 0 unspecified atom stereocenters. The summed E-state index contributed by atoms with van der Waals surface area (Å²) in [6.45, 7) is 1.94. The molecule has 2 aliphatic heterocycles. The molecule has 0 saturated carbocycles. The van der Waals surface area contributed by atoms with Gasteiger partial charge in [-0.1, -0.05) is 0 Å². The van der Waals surface area contributed by atoms with E-state index >= 15 is 0 Å². The third-order valence-corrected chi connectivity index (χ3v) is 7.98. The van der Waals surface area contributed by atoms with E-state index in [0.717, 1.165) is 17.7 Å². The molecule has 2 amide bonds. The van der Waals surface area contributed by atoms with E-state index in [1.807, 2.05) is 6.26 Å². The zero-order valence-electron chi connectivity index (χ0n) is 15.4. The summed E-state index contributed by atoms with van der Waals surface area (Å²) in [6.07, 6.45) is 4.69. The van der Waals surface area contributed by atoms with Gasteiger partial charge in [-0.2, -0.15) is 4.31 Å². The van der Waals surface area contributed by atoms with Gasteiger partial charge in [-0.25, -0.2) is 8.42 Å². The lowest BCUT2D eigenvalue weighted by atomic mass is 9.98. The molecule has 1 aromatic carbocycles. The topological polar surface area (TPSA) is 101 Å². The molecular weight excluding hydrogens is 386 g/mol. The highest BCUT2D eigenvalue weighted by atomic mass is 32.2. The van der Waals surface area contributed by atoms with Crippen LogP contribution in [0.25, 0.3) is 0 Å². The van der Waals surface area contributed by atoms with E-state index in [0.29, 0.717) is 31.5 Å². The number of hydrogen-bond acceptors (Lipinski definition) is 5. The van der Waals surface area contributed by atoms with E-state index in [-0.39, 0.29) is 35.7 Å². The fraction of sp³-hybridized carbons (Fsp3) is 0.556. The Kier molecular flexibility index (Phi) is 6.12. The van der Waals surface area contributed by atoms with Crippen LogP contribution in [0.2, 0.25) is 0 Å². The molecule has 3 rings (SSSR count). The zero-order valence-corrected chi connectivity index (χ0v) is 17.0. The van der Waals surface area contributed by atoms with Crippen LogP contribution in [-0.4, -0.2) is 61.9 Å². The van der Waals surface area contributed by atoms with Gasteiger partial charge in [0.1, 0.15) is 0 Å². The number of carbonyl (C=O) groups is 2. The molecule has 1 aromatic rings. The minimum absolute atomic E-state index is 0.110. The summed E-state index contributed by atoms with van der Waals surface area (Å²) in [6, 6.07) is 4.76. The number of nitrogens with two attached hydrogens (primary N) is 1. The quantitative estimate of drug-likeness (QED) is 0.741. The molecule has 7 nitrogen and oxygen atoms in total. The molecule has 148 valence electrons. The van der Waals surface area contributed by atoms with Gasteiger partial charge in [0.2, 0.25) is 15.9 Å². The van der Waals surface area contributed by atoms with Crippen LogP contribution in [0.4, 0.5) is 0 Å². The van der Waals surface area contributed by atoms with Crippen molar-refractivity contribution in [2.24, 2.45) is 11.7 Å². The van der Waals surface area contributed by atoms with E-state index in [1.165, 1.54) is 22.1 Å². The summed E-state index contributed by atoms with van der Waals surface area (Å²) < 4.78 is 27.5. The Hall–Kier alpha value is -1.58. The number of likely N-dealkylation sites (tertiary alicyclic amines) is 1. The molecule has 0 bridgehead atoms. The minimum Gasteiger partial charge on any atom is -0.369 e. The van der Waals surface area contributed by atoms with Crippen LogP contribution in [0.1, 0.15) is 36.0 Å². The molecule has 0 aliphatic carbocycles. The number of nitrogens with zero attached hydrogens (tertiary/aromatic N) is 2. The number of benzene rings is 1. The predicted molar refractivity (Wildman–Crippen MR) is 104 cm³/mol. The van der Waals surface area contributed by atoms with E-state index < -0.39 is 10.0 Å². The lowest BCUT2D eigenvalue weighted by Crippen LogP contribution is -2.41. The highest BCUT2D eigenvalue weighted by Crippen LogP contribution is 2.29. The molecule has 27 heavy (non-hydrogen) atoms. The molecule has 0 aromatic heterocycles. The zero-order chi connectivity index (χ0) is 19.6. The number of thioether (sulfide) groups is 1. The Bertz CT molecular complexity index is 827. The van der Waals surface area contributed by atoms with Gasteiger partial charge in [-0.05, 0) is 50.1 Å². The van der Waals surface area contributed by atoms with Crippen molar-refractivity contribution in [2.45, 2.75) is 35.5 Å². The minimum atomic E-state index is -3.71. The van der Waals surface area contributed by atoms with Crippen LogP contribution in [0, 0.1) is 5.92 Å². The van der Waals surface area contributed by atoms with Crippen molar-refractivity contribution >= 4 is 33.6 Å². The summed E-state index contributed by atoms with van der Waals surface area (Å²) in [5.41, 5.74) is 5.77. The molecule has 2 fully saturated rings. The number of carbonyl (C=O) groups excluding carboxylic acids is 2. The maximum atomic E-state index is 13.0. The van der Waals surface area contributed by atoms with Crippen molar-refractivity contribution in [2.75, 3.05) is 32.4 Å². The monoisotopic (exact) mass is 411 g/mol. The second kappa shape index (κ2) is 8.20. The summed E-state index contributed by atoms with van der Waals surface area (Å²) >= 11 is 1.43. The van der Waals surface area contributed by atoms with E-state index in [9.17, 15) is 18.0 Å².